The first-order valence-electron chi connectivity index (χ1n) is 10.5. The number of aromatic amines is 1. The standard InChI is InChI=1S/C22H25N7O2/c1-14(2)30-17-4-5-19-18(13-17)21(25-24-19)16-6-7-23-20(12-16)28-8-10-29(11-9-28)22-15(3)26-31-27-22/h4-7,12-14H,8-11H2,1-3H3,(H,24,25). The number of benzene rings is 1. The summed E-state index contributed by atoms with van der Waals surface area (Å²) in [5.74, 6) is 2.61. The van der Waals surface area contributed by atoms with Crippen LogP contribution in [0.25, 0.3) is 22.2 Å². The van der Waals surface area contributed by atoms with Crippen molar-refractivity contribution in [1.29, 1.82) is 0 Å². The monoisotopic (exact) mass is 419 g/mol. The summed E-state index contributed by atoms with van der Waals surface area (Å²) in [6, 6.07) is 10.1. The zero-order chi connectivity index (χ0) is 21.4. The minimum absolute atomic E-state index is 0.121. The van der Waals surface area contributed by atoms with Crippen molar-refractivity contribution < 1.29 is 9.37 Å². The lowest BCUT2D eigenvalue weighted by atomic mass is 10.1. The highest BCUT2D eigenvalue weighted by Gasteiger charge is 2.22. The van der Waals surface area contributed by atoms with Crippen LogP contribution in [0.1, 0.15) is 19.5 Å². The van der Waals surface area contributed by atoms with E-state index in [1.807, 2.05) is 51.2 Å². The summed E-state index contributed by atoms with van der Waals surface area (Å²) in [6.45, 7) is 9.32. The number of nitrogens with zero attached hydrogens (tertiary/aromatic N) is 6. The Morgan fingerprint density at radius 3 is 2.58 bits per heavy atom. The summed E-state index contributed by atoms with van der Waals surface area (Å²) in [5.41, 5.74) is 3.72. The van der Waals surface area contributed by atoms with Gasteiger partial charge in [0.15, 0.2) is 5.82 Å². The van der Waals surface area contributed by atoms with Crippen LogP contribution >= 0.6 is 0 Å². The number of fused-ring (bicyclic) bond motifs is 1. The molecule has 160 valence electrons. The van der Waals surface area contributed by atoms with Crippen LogP contribution < -0.4 is 14.5 Å². The number of ether oxygens (including phenoxy) is 1. The van der Waals surface area contributed by atoms with E-state index in [2.05, 4.69) is 41.4 Å². The van der Waals surface area contributed by atoms with E-state index in [-0.39, 0.29) is 6.10 Å². The fourth-order valence-electron chi connectivity index (χ4n) is 3.96. The van der Waals surface area contributed by atoms with Crippen molar-refractivity contribution in [2.24, 2.45) is 0 Å². The minimum Gasteiger partial charge on any atom is -0.491 e. The Morgan fingerprint density at radius 2 is 1.84 bits per heavy atom. The van der Waals surface area contributed by atoms with Gasteiger partial charge in [-0.15, -0.1) is 0 Å². The average Bonchev–Trinajstić information content (AvgIpc) is 3.39. The van der Waals surface area contributed by atoms with Gasteiger partial charge in [-0.1, -0.05) is 5.16 Å². The van der Waals surface area contributed by atoms with Crippen LogP contribution in [0.5, 0.6) is 5.75 Å². The number of piperazine rings is 1. The SMILES string of the molecule is Cc1nonc1N1CCN(c2cc(-c3n[nH]c4ccc(OC(C)C)cc34)ccn2)CC1. The molecule has 0 aliphatic carbocycles. The van der Waals surface area contributed by atoms with Crippen LogP contribution in [0, 0.1) is 6.92 Å². The fraction of sp³-hybridized carbons (Fsp3) is 0.364. The molecule has 4 aromatic rings. The predicted octanol–water partition coefficient (Wildman–Crippen LogP) is 3.43. The maximum absolute atomic E-state index is 5.87. The number of H-pyrrole nitrogens is 1. The highest BCUT2D eigenvalue weighted by molar-refractivity contribution is 5.94. The highest BCUT2D eigenvalue weighted by atomic mass is 16.6. The summed E-state index contributed by atoms with van der Waals surface area (Å²) in [7, 11) is 0. The van der Waals surface area contributed by atoms with Gasteiger partial charge in [0.1, 0.15) is 23.0 Å². The van der Waals surface area contributed by atoms with Gasteiger partial charge in [-0.2, -0.15) is 5.10 Å². The maximum Gasteiger partial charge on any atom is 0.196 e. The van der Waals surface area contributed by atoms with E-state index in [1.54, 1.807) is 0 Å². The summed E-state index contributed by atoms with van der Waals surface area (Å²) in [6.07, 6.45) is 1.97. The van der Waals surface area contributed by atoms with E-state index >= 15 is 0 Å². The molecular formula is C22H25N7O2. The molecule has 9 heteroatoms. The van der Waals surface area contributed by atoms with Gasteiger partial charge in [-0.25, -0.2) is 9.61 Å². The predicted molar refractivity (Wildman–Crippen MR) is 119 cm³/mol. The molecule has 1 N–H and O–H groups in total. The van der Waals surface area contributed by atoms with Gasteiger partial charge in [-0.05, 0) is 56.3 Å². The molecule has 0 radical (unpaired) electrons. The smallest absolute Gasteiger partial charge is 0.196 e. The largest absolute Gasteiger partial charge is 0.491 e. The summed E-state index contributed by atoms with van der Waals surface area (Å²) < 4.78 is 10.7. The van der Waals surface area contributed by atoms with Crippen LogP contribution in [0.15, 0.2) is 41.2 Å². The normalized spacial score (nSPS) is 14.6. The number of nitrogens with one attached hydrogen (secondary N) is 1. The van der Waals surface area contributed by atoms with Crippen LogP contribution in [0.4, 0.5) is 11.6 Å². The van der Waals surface area contributed by atoms with Crippen LogP contribution in [0.2, 0.25) is 0 Å². The van der Waals surface area contributed by atoms with E-state index in [1.165, 1.54) is 0 Å². The van der Waals surface area contributed by atoms with Crippen LogP contribution in [-0.4, -0.2) is 57.8 Å². The Morgan fingerprint density at radius 1 is 1.03 bits per heavy atom. The molecule has 4 heterocycles. The third-order valence-electron chi connectivity index (χ3n) is 5.46. The molecule has 1 aromatic carbocycles. The highest BCUT2D eigenvalue weighted by Crippen LogP contribution is 2.31. The Hall–Kier alpha value is -3.62. The molecule has 0 bridgehead atoms. The molecular weight excluding hydrogens is 394 g/mol. The zero-order valence-electron chi connectivity index (χ0n) is 17.9. The molecule has 1 saturated heterocycles. The molecule has 9 nitrogen and oxygen atoms in total. The number of aryl methyl sites for hydroxylation is 1. The number of rotatable bonds is 5. The van der Waals surface area contributed by atoms with Gasteiger partial charge < -0.3 is 14.5 Å². The number of hydrogen-bond donors (Lipinski definition) is 1. The minimum atomic E-state index is 0.121. The van der Waals surface area contributed by atoms with Gasteiger partial charge in [0.05, 0.1) is 11.6 Å². The van der Waals surface area contributed by atoms with Crippen molar-refractivity contribution in [3.05, 3.63) is 42.2 Å². The maximum atomic E-state index is 5.87. The number of pyridine rings is 1. The Labute approximate surface area is 180 Å². The van der Waals surface area contributed by atoms with Crippen molar-refractivity contribution in [3.8, 4) is 17.0 Å². The quantitative estimate of drug-likeness (QED) is 0.526. The first-order valence-corrected chi connectivity index (χ1v) is 10.5. The molecule has 0 spiro atoms. The zero-order valence-corrected chi connectivity index (χ0v) is 17.9. The van der Waals surface area contributed by atoms with E-state index in [0.717, 1.165) is 71.4 Å². The molecule has 5 rings (SSSR count). The molecule has 1 aliphatic heterocycles. The van der Waals surface area contributed by atoms with Crippen molar-refractivity contribution in [2.75, 3.05) is 36.0 Å². The van der Waals surface area contributed by atoms with Crippen molar-refractivity contribution >= 4 is 22.5 Å². The van der Waals surface area contributed by atoms with Crippen molar-refractivity contribution in [3.63, 3.8) is 0 Å². The van der Waals surface area contributed by atoms with E-state index in [9.17, 15) is 0 Å². The first kappa shape index (κ1) is 19.3. The number of hydrogen-bond acceptors (Lipinski definition) is 8. The molecule has 3 aromatic heterocycles. The Balaban J connectivity index is 1.38. The third kappa shape index (κ3) is 3.78. The van der Waals surface area contributed by atoms with Gasteiger partial charge in [0.2, 0.25) is 0 Å². The molecule has 0 unspecified atom stereocenters. The van der Waals surface area contributed by atoms with E-state index in [4.69, 9.17) is 9.37 Å². The van der Waals surface area contributed by atoms with E-state index in [0.29, 0.717) is 0 Å². The first-order chi connectivity index (χ1) is 15.1. The molecule has 0 atom stereocenters. The summed E-state index contributed by atoms with van der Waals surface area (Å²) >= 11 is 0. The lowest BCUT2D eigenvalue weighted by Crippen LogP contribution is -2.47. The fourth-order valence-corrected chi connectivity index (χ4v) is 3.96. The molecule has 31 heavy (non-hydrogen) atoms. The third-order valence-corrected chi connectivity index (χ3v) is 5.46. The van der Waals surface area contributed by atoms with Gasteiger partial charge >= 0.3 is 0 Å². The van der Waals surface area contributed by atoms with Crippen LogP contribution in [-0.2, 0) is 0 Å². The van der Waals surface area contributed by atoms with Crippen molar-refractivity contribution in [1.82, 2.24) is 25.5 Å². The second-order valence-electron chi connectivity index (χ2n) is 8.00. The molecule has 1 fully saturated rings. The van der Waals surface area contributed by atoms with Crippen LogP contribution in [0.3, 0.4) is 0 Å². The average molecular weight is 419 g/mol. The van der Waals surface area contributed by atoms with Gasteiger partial charge in [0.25, 0.3) is 0 Å². The molecule has 0 amide bonds. The van der Waals surface area contributed by atoms with Gasteiger partial charge in [0, 0.05) is 43.3 Å². The number of aromatic nitrogens is 5. The summed E-state index contributed by atoms with van der Waals surface area (Å²) in [4.78, 5) is 9.09. The van der Waals surface area contributed by atoms with Crippen molar-refractivity contribution in [2.45, 2.75) is 26.9 Å². The van der Waals surface area contributed by atoms with Gasteiger partial charge in [-0.3, -0.25) is 5.10 Å². The number of anilines is 2. The second-order valence-corrected chi connectivity index (χ2v) is 8.00. The Kier molecular flexibility index (Phi) is 4.93. The lowest BCUT2D eigenvalue weighted by molar-refractivity contribution is 0.243. The van der Waals surface area contributed by atoms with E-state index < -0.39 is 0 Å². The second kappa shape index (κ2) is 7.90. The Bertz CT molecular complexity index is 1190. The molecule has 1 aliphatic rings. The topological polar surface area (TPSA) is 96.2 Å². The lowest BCUT2D eigenvalue weighted by Gasteiger charge is -2.35. The summed E-state index contributed by atoms with van der Waals surface area (Å²) in [5, 5.41) is 16.6. The molecule has 0 saturated carbocycles.